The monoisotopic (exact) mass is 296 g/mol. The molecule has 0 aromatic heterocycles. The minimum atomic E-state index is -1.20. The summed E-state index contributed by atoms with van der Waals surface area (Å²) in [4.78, 5) is 0. The SMILES string of the molecule is CCCCC/C(=C/CC(O)C1CCCCC1)[Si](C)(C)C. The molecule has 2 heteroatoms. The zero-order valence-corrected chi connectivity index (χ0v) is 15.3. The van der Waals surface area contributed by atoms with Gasteiger partial charge in [-0.2, -0.15) is 0 Å². The molecule has 20 heavy (non-hydrogen) atoms. The lowest BCUT2D eigenvalue weighted by atomic mass is 9.84. The first-order chi connectivity index (χ1) is 9.45. The summed E-state index contributed by atoms with van der Waals surface area (Å²) in [6.07, 6.45) is 15.0. The van der Waals surface area contributed by atoms with Crippen LogP contribution in [-0.4, -0.2) is 19.3 Å². The number of aliphatic hydroxyl groups is 1. The molecule has 0 amide bonds. The van der Waals surface area contributed by atoms with Gasteiger partial charge >= 0.3 is 0 Å². The van der Waals surface area contributed by atoms with Gasteiger partial charge in [0.1, 0.15) is 0 Å². The number of unbranched alkanes of at least 4 members (excludes halogenated alkanes) is 2. The maximum Gasteiger partial charge on any atom is 0.0720 e. The lowest BCUT2D eigenvalue weighted by Crippen LogP contribution is -2.26. The fourth-order valence-electron chi connectivity index (χ4n) is 3.32. The third kappa shape index (κ3) is 6.58. The van der Waals surface area contributed by atoms with Crippen molar-refractivity contribution in [3.8, 4) is 0 Å². The number of allylic oxidation sites excluding steroid dienone is 1. The van der Waals surface area contributed by atoms with E-state index in [9.17, 15) is 5.11 Å². The first-order valence-electron chi connectivity index (χ1n) is 8.82. The fraction of sp³-hybridized carbons (Fsp3) is 0.889. The van der Waals surface area contributed by atoms with E-state index < -0.39 is 8.07 Å². The summed E-state index contributed by atoms with van der Waals surface area (Å²) in [6, 6.07) is 0. The van der Waals surface area contributed by atoms with Crippen LogP contribution in [0.5, 0.6) is 0 Å². The molecule has 118 valence electrons. The zero-order valence-electron chi connectivity index (χ0n) is 14.3. The van der Waals surface area contributed by atoms with Crippen LogP contribution in [0.3, 0.4) is 0 Å². The van der Waals surface area contributed by atoms with Gasteiger partial charge in [0.05, 0.1) is 14.2 Å². The van der Waals surface area contributed by atoms with Crippen molar-refractivity contribution in [1.29, 1.82) is 0 Å². The molecular weight excluding hydrogens is 260 g/mol. The largest absolute Gasteiger partial charge is 0.393 e. The van der Waals surface area contributed by atoms with Gasteiger partial charge in [-0.15, -0.1) is 0 Å². The van der Waals surface area contributed by atoms with Crippen molar-refractivity contribution in [3.63, 3.8) is 0 Å². The van der Waals surface area contributed by atoms with Gasteiger partial charge in [0, 0.05) is 0 Å². The second kappa shape index (κ2) is 9.04. The molecule has 0 radical (unpaired) electrons. The minimum absolute atomic E-state index is 0.0900. The highest BCUT2D eigenvalue weighted by Crippen LogP contribution is 2.29. The first-order valence-corrected chi connectivity index (χ1v) is 12.3. The van der Waals surface area contributed by atoms with Gasteiger partial charge in [-0.3, -0.25) is 0 Å². The van der Waals surface area contributed by atoms with Gasteiger partial charge in [-0.1, -0.05) is 69.9 Å². The van der Waals surface area contributed by atoms with Gasteiger partial charge in [-0.05, 0) is 38.0 Å². The summed E-state index contributed by atoms with van der Waals surface area (Å²) in [5, 5.41) is 12.1. The molecule has 0 heterocycles. The van der Waals surface area contributed by atoms with E-state index in [1.165, 1.54) is 57.8 Å². The quantitative estimate of drug-likeness (QED) is 0.450. The molecule has 1 saturated carbocycles. The Balaban J connectivity index is 2.51. The highest BCUT2D eigenvalue weighted by Gasteiger charge is 2.23. The van der Waals surface area contributed by atoms with Crippen molar-refractivity contribution in [3.05, 3.63) is 11.3 Å². The Morgan fingerprint density at radius 3 is 2.35 bits per heavy atom. The van der Waals surface area contributed by atoms with E-state index in [0.717, 1.165) is 6.42 Å². The molecule has 0 saturated heterocycles. The molecule has 0 aromatic rings. The lowest BCUT2D eigenvalue weighted by Gasteiger charge is -2.27. The molecule has 0 bridgehead atoms. The van der Waals surface area contributed by atoms with Crippen LogP contribution < -0.4 is 0 Å². The van der Waals surface area contributed by atoms with Crippen LogP contribution in [0.4, 0.5) is 0 Å². The number of rotatable bonds is 8. The Bertz CT molecular complexity index is 284. The van der Waals surface area contributed by atoms with E-state index in [2.05, 4.69) is 32.6 Å². The Kier molecular flexibility index (Phi) is 8.12. The van der Waals surface area contributed by atoms with Crippen molar-refractivity contribution in [2.45, 2.75) is 96.9 Å². The molecule has 1 unspecified atom stereocenters. The van der Waals surface area contributed by atoms with E-state index in [1.54, 1.807) is 5.20 Å². The average Bonchev–Trinajstić information content (AvgIpc) is 2.42. The van der Waals surface area contributed by atoms with Gasteiger partial charge in [0.15, 0.2) is 0 Å². The summed E-state index contributed by atoms with van der Waals surface area (Å²) >= 11 is 0. The van der Waals surface area contributed by atoms with Crippen LogP contribution in [0.15, 0.2) is 11.3 Å². The Morgan fingerprint density at radius 2 is 1.80 bits per heavy atom. The average molecular weight is 297 g/mol. The van der Waals surface area contributed by atoms with Crippen molar-refractivity contribution in [2.24, 2.45) is 5.92 Å². The maximum atomic E-state index is 10.4. The second-order valence-corrected chi connectivity index (χ2v) is 12.8. The third-order valence-corrected chi connectivity index (χ3v) is 7.19. The molecule has 1 aliphatic carbocycles. The summed E-state index contributed by atoms with van der Waals surface area (Å²) in [6.45, 7) is 9.60. The number of hydrogen-bond donors (Lipinski definition) is 1. The Hall–Kier alpha value is -0.0831. The molecule has 0 aliphatic heterocycles. The Labute approximate surface area is 127 Å². The molecule has 0 aromatic carbocycles. The Morgan fingerprint density at radius 1 is 1.15 bits per heavy atom. The van der Waals surface area contributed by atoms with E-state index in [1.807, 2.05) is 0 Å². The van der Waals surface area contributed by atoms with Gasteiger partial charge < -0.3 is 5.11 Å². The van der Waals surface area contributed by atoms with Crippen LogP contribution in [0.25, 0.3) is 0 Å². The molecule has 1 rings (SSSR count). The predicted octanol–water partition coefficient (Wildman–Crippen LogP) is 5.70. The molecule has 1 atom stereocenters. The third-order valence-electron chi connectivity index (χ3n) is 4.81. The fourth-order valence-corrected chi connectivity index (χ4v) is 4.98. The summed E-state index contributed by atoms with van der Waals surface area (Å²) in [5.41, 5.74) is 0. The first kappa shape index (κ1) is 18.0. The van der Waals surface area contributed by atoms with Gasteiger partial charge in [0.2, 0.25) is 0 Å². The molecule has 1 N–H and O–H groups in total. The van der Waals surface area contributed by atoms with Gasteiger partial charge in [-0.25, -0.2) is 0 Å². The summed E-state index contributed by atoms with van der Waals surface area (Å²) in [5.74, 6) is 0.568. The highest BCUT2D eigenvalue weighted by molar-refractivity contribution is 6.83. The molecule has 1 aliphatic rings. The van der Waals surface area contributed by atoms with E-state index in [0.29, 0.717) is 5.92 Å². The standard InChI is InChI=1S/C18H36OSi/c1-5-6-8-13-17(20(2,3)4)14-15-18(19)16-11-9-7-10-12-16/h14,16,18-19H,5-13,15H2,1-4H3/b17-14-. The van der Waals surface area contributed by atoms with Crippen molar-refractivity contribution in [2.75, 3.05) is 0 Å². The summed E-state index contributed by atoms with van der Waals surface area (Å²) < 4.78 is 0. The number of hydrogen-bond acceptors (Lipinski definition) is 1. The normalized spacial score (nSPS) is 20.1. The number of aliphatic hydroxyl groups excluding tert-OH is 1. The van der Waals surface area contributed by atoms with Crippen LogP contribution in [-0.2, 0) is 0 Å². The maximum absolute atomic E-state index is 10.4. The highest BCUT2D eigenvalue weighted by atomic mass is 28.3. The van der Waals surface area contributed by atoms with E-state index in [-0.39, 0.29) is 6.10 Å². The molecule has 1 fully saturated rings. The van der Waals surface area contributed by atoms with Crippen molar-refractivity contribution in [1.82, 2.24) is 0 Å². The lowest BCUT2D eigenvalue weighted by molar-refractivity contribution is 0.0872. The van der Waals surface area contributed by atoms with Crippen LogP contribution in [0.1, 0.15) is 71.1 Å². The van der Waals surface area contributed by atoms with Crippen molar-refractivity contribution >= 4 is 8.07 Å². The van der Waals surface area contributed by atoms with Gasteiger partial charge in [0.25, 0.3) is 0 Å². The van der Waals surface area contributed by atoms with Crippen LogP contribution in [0.2, 0.25) is 19.6 Å². The summed E-state index contributed by atoms with van der Waals surface area (Å²) in [7, 11) is -1.20. The van der Waals surface area contributed by atoms with Crippen LogP contribution in [0, 0.1) is 5.92 Å². The van der Waals surface area contributed by atoms with Crippen LogP contribution >= 0.6 is 0 Å². The zero-order chi connectivity index (χ0) is 15.0. The van der Waals surface area contributed by atoms with E-state index in [4.69, 9.17) is 0 Å². The van der Waals surface area contributed by atoms with E-state index >= 15 is 0 Å². The molecule has 1 nitrogen and oxygen atoms in total. The second-order valence-electron chi connectivity index (χ2n) is 7.64. The van der Waals surface area contributed by atoms with Crippen molar-refractivity contribution < 1.29 is 5.11 Å². The topological polar surface area (TPSA) is 20.2 Å². The molecule has 0 spiro atoms. The predicted molar refractivity (Wildman–Crippen MR) is 92.8 cm³/mol. The smallest absolute Gasteiger partial charge is 0.0720 e. The minimum Gasteiger partial charge on any atom is -0.393 e. The molecular formula is C18H36OSi.